The number of carbonyl (C=O) groups excluding carboxylic acids is 1. The Hall–Kier alpha value is -2.01. The van der Waals surface area contributed by atoms with Crippen molar-refractivity contribution in [3.63, 3.8) is 0 Å². The summed E-state index contributed by atoms with van der Waals surface area (Å²) in [6, 6.07) is 13.4. The maximum atomic E-state index is 12.2. The van der Waals surface area contributed by atoms with E-state index < -0.39 is 0 Å². The minimum Gasteiger partial charge on any atom is -0.493 e. The molecule has 2 aromatic carbocycles. The molecule has 1 unspecified atom stereocenters. The second kappa shape index (κ2) is 10.4. The number of nitrogens with one attached hydrogen (secondary N) is 1. The van der Waals surface area contributed by atoms with Gasteiger partial charge in [0, 0.05) is 11.8 Å². The number of amides is 1. The molecule has 2 rings (SSSR count). The number of ether oxygens (including phenoxy) is 2. The zero-order valence-corrected chi connectivity index (χ0v) is 18.0. The predicted molar refractivity (Wildman–Crippen MR) is 114 cm³/mol. The van der Waals surface area contributed by atoms with Crippen molar-refractivity contribution in [2.45, 2.75) is 40.0 Å². The summed E-state index contributed by atoms with van der Waals surface area (Å²) in [7, 11) is 0. The smallest absolute Gasteiger partial charge is 0.262 e. The maximum Gasteiger partial charge on any atom is 0.262 e. The quantitative estimate of drug-likeness (QED) is 0.526. The Bertz CT molecular complexity index is 761. The lowest BCUT2D eigenvalue weighted by atomic mass is 9.99. The van der Waals surface area contributed by atoms with E-state index in [0.717, 1.165) is 16.6 Å². The second-order valence-electron chi connectivity index (χ2n) is 7.07. The Morgan fingerprint density at radius 1 is 1.11 bits per heavy atom. The van der Waals surface area contributed by atoms with Gasteiger partial charge in [0.05, 0.1) is 11.1 Å². The highest BCUT2D eigenvalue weighted by molar-refractivity contribution is 9.10. The number of carbonyl (C=O) groups is 1. The Morgan fingerprint density at radius 2 is 1.89 bits per heavy atom. The molecule has 0 aliphatic carbocycles. The van der Waals surface area contributed by atoms with E-state index in [2.05, 4.69) is 55.0 Å². The van der Waals surface area contributed by atoms with Crippen LogP contribution < -0.4 is 14.8 Å². The van der Waals surface area contributed by atoms with Crippen LogP contribution in [0.4, 0.5) is 5.69 Å². The van der Waals surface area contributed by atoms with E-state index in [0.29, 0.717) is 29.9 Å². The molecular formula is C22H28BrNO3. The van der Waals surface area contributed by atoms with Gasteiger partial charge < -0.3 is 14.8 Å². The van der Waals surface area contributed by atoms with E-state index in [1.54, 1.807) is 0 Å². The molecule has 0 saturated carbocycles. The summed E-state index contributed by atoms with van der Waals surface area (Å²) in [6.45, 7) is 9.12. The van der Waals surface area contributed by atoms with Crippen LogP contribution in [0.15, 0.2) is 46.9 Å². The fourth-order valence-corrected chi connectivity index (χ4v) is 2.95. The molecule has 5 heteroatoms. The van der Waals surface area contributed by atoms with Crippen molar-refractivity contribution in [2.24, 2.45) is 5.92 Å². The van der Waals surface area contributed by atoms with Crippen LogP contribution in [0.2, 0.25) is 0 Å². The van der Waals surface area contributed by atoms with E-state index in [-0.39, 0.29) is 12.5 Å². The van der Waals surface area contributed by atoms with E-state index in [4.69, 9.17) is 9.47 Å². The molecule has 0 radical (unpaired) electrons. The third-order valence-electron chi connectivity index (χ3n) is 4.20. The molecule has 146 valence electrons. The Kier molecular flexibility index (Phi) is 8.17. The van der Waals surface area contributed by atoms with Gasteiger partial charge >= 0.3 is 0 Å². The molecule has 0 saturated heterocycles. The van der Waals surface area contributed by atoms with Crippen molar-refractivity contribution in [1.29, 1.82) is 0 Å². The number of rotatable bonds is 9. The number of halogens is 1. The predicted octanol–water partition coefficient (Wildman–Crippen LogP) is 6.01. The largest absolute Gasteiger partial charge is 0.493 e. The molecule has 1 N–H and O–H groups in total. The first-order chi connectivity index (χ1) is 12.9. The third kappa shape index (κ3) is 6.90. The zero-order chi connectivity index (χ0) is 19.8. The molecule has 4 nitrogen and oxygen atoms in total. The number of hydrogen-bond acceptors (Lipinski definition) is 3. The van der Waals surface area contributed by atoms with Crippen LogP contribution in [0, 0.1) is 5.92 Å². The first kappa shape index (κ1) is 21.3. The van der Waals surface area contributed by atoms with E-state index in [9.17, 15) is 4.79 Å². The SMILES string of the molecule is CCC(C)c1ccc(OCC(=O)Nc2cccc(OCC(C)C)c2)c(Br)c1. The molecule has 1 amide bonds. The first-order valence-corrected chi connectivity index (χ1v) is 10.1. The molecule has 0 aliphatic rings. The zero-order valence-electron chi connectivity index (χ0n) is 16.4. The number of hydrogen-bond donors (Lipinski definition) is 1. The first-order valence-electron chi connectivity index (χ1n) is 9.34. The van der Waals surface area contributed by atoms with Gasteiger partial charge in [-0.15, -0.1) is 0 Å². The van der Waals surface area contributed by atoms with Crippen LogP contribution in [0.3, 0.4) is 0 Å². The summed E-state index contributed by atoms with van der Waals surface area (Å²) >= 11 is 3.53. The summed E-state index contributed by atoms with van der Waals surface area (Å²) in [5.41, 5.74) is 1.94. The van der Waals surface area contributed by atoms with Crippen molar-refractivity contribution in [3.8, 4) is 11.5 Å². The van der Waals surface area contributed by atoms with Gasteiger partial charge in [-0.05, 0) is 64.0 Å². The molecule has 1 atom stereocenters. The standard InChI is InChI=1S/C22H28BrNO3/c1-5-16(4)17-9-10-21(20(23)11-17)27-14-22(25)24-18-7-6-8-19(12-18)26-13-15(2)3/h6-12,15-16H,5,13-14H2,1-4H3,(H,24,25). The Labute approximate surface area is 170 Å². The maximum absolute atomic E-state index is 12.2. The monoisotopic (exact) mass is 433 g/mol. The van der Waals surface area contributed by atoms with Crippen molar-refractivity contribution >= 4 is 27.5 Å². The highest BCUT2D eigenvalue weighted by Gasteiger charge is 2.10. The Balaban J connectivity index is 1.90. The average Bonchev–Trinajstić information content (AvgIpc) is 2.65. The van der Waals surface area contributed by atoms with Gasteiger partial charge in [0.1, 0.15) is 11.5 Å². The van der Waals surface area contributed by atoms with Crippen LogP contribution in [0.5, 0.6) is 11.5 Å². The molecule has 0 aromatic heterocycles. The number of benzene rings is 2. The molecule has 27 heavy (non-hydrogen) atoms. The van der Waals surface area contributed by atoms with E-state index >= 15 is 0 Å². The van der Waals surface area contributed by atoms with Crippen LogP contribution >= 0.6 is 15.9 Å². The average molecular weight is 434 g/mol. The van der Waals surface area contributed by atoms with E-state index in [1.807, 2.05) is 36.4 Å². The summed E-state index contributed by atoms with van der Waals surface area (Å²) in [5, 5.41) is 2.84. The summed E-state index contributed by atoms with van der Waals surface area (Å²) in [6.07, 6.45) is 1.08. The van der Waals surface area contributed by atoms with Crippen molar-refractivity contribution in [1.82, 2.24) is 0 Å². The third-order valence-corrected chi connectivity index (χ3v) is 4.82. The van der Waals surface area contributed by atoms with Crippen LogP contribution in [-0.2, 0) is 4.79 Å². The lowest BCUT2D eigenvalue weighted by molar-refractivity contribution is -0.118. The van der Waals surface area contributed by atoms with Gasteiger partial charge in [0.25, 0.3) is 5.91 Å². The summed E-state index contributed by atoms with van der Waals surface area (Å²) in [5.74, 6) is 2.12. The van der Waals surface area contributed by atoms with Crippen molar-refractivity contribution in [2.75, 3.05) is 18.5 Å². The highest BCUT2D eigenvalue weighted by atomic mass is 79.9. The normalized spacial score (nSPS) is 11.9. The minimum atomic E-state index is -0.214. The molecule has 0 heterocycles. The van der Waals surface area contributed by atoms with Crippen molar-refractivity contribution < 1.29 is 14.3 Å². The van der Waals surface area contributed by atoms with Crippen molar-refractivity contribution in [3.05, 3.63) is 52.5 Å². The fourth-order valence-electron chi connectivity index (χ4n) is 2.44. The van der Waals surface area contributed by atoms with Crippen LogP contribution in [0.1, 0.15) is 45.6 Å². The minimum absolute atomic E-state index is 0.0572. The molecular weight excluding hydrogens is 406 g/mol. The molecule has 2 aromatic rings. The van der Waals surface area contributed by atoms with Gasteiger partial charge in [-0.3, -0.25) is 4.79 Å². The molecule has 0 fully saturated rings. The van der Waals surface area contributed by atoms with E-state index in [1.165, 1.54) is 5.56 Å². The van der Waals surface area contributed by atoms with Crippen LogP contribution in [-0.4, -0.2) is 19.1 Å². The van der Waals surface area contributed by atoms with Gasteiger partial charge in [-0.1, -0.05) is 39.8 Å². The summed E-state index contributed by atoms with van der Waals surface area (Å²) in [4.78, 5) is 12.2. The lowest BCUT2D eigenvalue weighted by Gasteiger charge is -2.13. The molecule has 0 spiro atoms. The Morgan fingerprint density at radius 3 is 2.56 bits per heavy atom. The molecule has 0 aliphatic heterocycles. The van der Waals surface area contributed by atoms with Gasteiger partial charge in [-0.2, -0.15) is 0 Å². The van der Waals surface area contributed by atoms with Gasteiger partial charge in [0.2, 0.25) is 0 Å². The van der Waals surface area contributed by atoms with Gasteiger partial charge in [-0.25, -0.2) is 0 Å². The van der Waals surface area contributed by atoms with Gasteiger partial charge in [0.15, 0.2) is 6.61 Å². The lowest BCUT2D eigenvalue weighted by Crippen LogP contribution is -2.20. The summed E-state index contributed by atoms with van der Waals surface area (Å²) < 4.78 is 12.2. The van der Waals surface area contributed by atoms with Crippen LogP contribution in [0.25, 0.3) is 0 Å². The highest BCUT2D eigenvalue weighted by Crippen LogP contribution is 2.30. The second-order valence-corrected chi connectivity index (χ2v) is 7.92. The fraction of sp³-hybridized carbons (Fsp3) is 0.409. The topological polar surface area (TPSA) is 47.6 Å². The number of anilines is 1. The molecule has 0 bridgehead atoms.